The summed E-state index contributed by atoms with van der Waals surface area (Å²) in [5.74, 6) is -0.512. The number of carbonyl (C=O) groups excluding carboxylic acids is 3. The largest absolute Gasteiger partial charge is 0.381 e. The number of ether oxygens (including phenoxy) is 1. The highest BCUT2D eigenvalue weighted by Gasteiger charge is 2.29. The molecule has 1 heterocycles. The number of urea groups is 1. The van der Waals surface area contributed by atoms with Crippen molar-refractivity contribution in [3.05, 3.63) is 0 Å². The molecule has 1 N–H and O–H groups in total. The van der Waals surface area contributed by atoms with E-state index in [2.05, 4.69) is 5.32 Å². The average molecular weight is 242 g/mol. The summed E-state index contributed by atoms with van der Waals surface area (Å²) in [5.41, 5.74) is 0. The van der Waals surface area contributed by atoms with E-state index in [0.29, 0.717) is 25.6 Å². The van der Waals surface area contributed by atoms with E-state index in [0.717, 1.165) is 4.90 Å². The van der Waals surface area contributed by atoms with Gasteiger partial charge in [-0.05, 0) is 12.3 Å². The molecule has 96 valence electrons. The van der Waals surface area contributed by atoms with Crippen LogP contribution in [-0.2, 0) is 14.3 Å². The summed E-state index contributed by atoms with van der Waals surface area (Å²) in [6, 6.07) is -0.630. The first-order valence-corrected chi connectivity index (χ1v) is 5.72. The van der Waals surface area contributed by atoms with E-state index in [-0.39, 0.29) is 13.0 Å². The normalized spacial score (nSPS) is 16.6. The van der Waals surface area contributed by atoms with Gasteiger partial charge in [0.1, 0.15) is 6.42 Å². The number of barbiturate groups is 1. The maximum atomic E-state index is 11.4. The number of carbonyl (C=O) groups is 3. The zero-order valence-corrected chi connectivity index (χ0v) is 10.2. The Hall–Kier alpha value is -1.43. The molecule has 1 aliphatic heterocycles. The number of imide groups is 2. The third-order valence-electron chi connectivity index (χ3n) is 2.23. The Bertz CT molecular complexity index is 295. The Morgan fingerprint density at radius 2 is 2.06 bits per heavy atom. The Morgan fingerprint density at radius 1 is 1.35 bits per heavy atom. The van der Waals surface area contributed by atoms with Gasteiger partial charge in [-0.25, -0.2) is 4.79 Å². The molecule has 0 aromatic heterocycles. The van der Waals surface area contributed by atoms with Gasteiger partial charge in [0.05, 0.1) is 0 Å². The highest BCUT2D eigenvalue weighted by atomic mass is 16.5. The van der Waals surface area contributed by atoms with Crippen molar-refractivity contribution < 1.29 is 19.1 Å². The highest BCUT2D eigenvalue weighted by molar-refractivity contribution is 6.14. The van der Waals surface area contributed by atoms with Crippen LogP contribution in [0.25, 0.3) is 0 Å². The standard InChI is InChI=1S/C11H18N2O4/c1-8(2)7-17-5-3-4-13-10(15)6-9(14)12-11(13)16/h8H,3-7H2,1-2H3,(H,12,14,16). The molecule has 0 aliphatic carbocycles. The summed E-state index contributed by atoms with van der Waals surface area (Å²) in [6.45, 7) is 5.55. The Balaban J connectivity index is 2.24. The molecular formula is C11H18N2O4. The lowest BCUT2D eigenvalue weighted by Crippen LogP contribution is -2.52. The van der Waals surface area contributed by atoms with Crippen LogP contribution >= 0.6 is 0 Å². The second kappa shape index (κ2) is 6.34. The van der Waals surface area contributed by atoms with Gasteiger partial charge < -0.3 is 4.74 Å². The number of rotatable bonds is 6. The van der Waals surface area contributed by atoms with Crippen LogP contribution in [0.5, 0.6) is 0 Å². The number of amides is 4. The predicted molar refractivity (Wildman–Crippen MR) is 60.1 cm³/mol. The van der Waals surface area contributed by atoms with Gasteiger partial charge in [0, 0.05) is 19.8 Å². The van der Waals surface area contributed by atoms with Crippen molar-refractivity contribution in [3.8, 4) is 0 Å². The molecule has 6 heteroatoms. The van der Waals surface area contributed by atoms with Crippen molar-refractivity contribution in [1.29, 1.82) is 0 Å². The van der Waals surface area contributed by atoms with Crippen LogP contribution in [-0.4, -0.2) is 42.5 Å². The Morgan fingerprint density at radius 3 is 2.65 bits per heavy atom. The minimum atomic E-state index is -0.630. The number of nitrogens with zero attached hydrogens (tertiary/aromatic N) is 1. The zero-order valence-electron chi connectivity index (χ0n) is 10.2. The summed E-state index contributed by atoms with van der Waals surface area (Å²) < 4.78 is 5.34. The molecule has 1 fully saturated rings. The molecule has 0 saturated carbocycles. The molecule has 0 radical (unpaired) electrons. The van der Waals surface area contributed by atoms with E-state index >= 15 is 0 Å². The van der Waals surface area contributed by atoms with Crippen molar-refractivity contribution in [3.63, 3.8) is 0 Å². The molecule has 0 atom stereocenters. The monoisotopic (exact) mass is 242 g/mol. The first-order valence-electron chi connectivity index (χ1n) is 5.72. The SMILES string of the molecule is CC(C)COCCCN1C(=O)CC(=O)NC1=O. The number of hydrogen-bond donors (Lipinski definition) is 1. The number of nitrogens with one attached hydrogen (secondary N) is 1. The van der Waals surface area contributed by atoms with E-state index in [1.165, 1.54) is 0 Å². The maximum Gasteiger partial charge on any atom is 0.330 e. The first-order chi connectivity index (χ1) is 8.00. The van der Waals surface area contributed by atoms with Crippen LogP contribution < -0.4 is 5.32 Å². The fourth-order valence-corrected chi connectivity index (χ4v) is 1.45. The van der Waals surface area contributed by atoms with Crippen molar-refractivity contribution in [2.45, 2.75) is 26.7 Å². The molecule has 0 aromatic carbocycles. The molecule has 1 aliphatic rings. The predicted octanol–water partition coefficient (Wildman–Crippen LogP) is 0.518. The van der Waals surface area contributed by atoms with Gasteiger partial charge in [0.15, 0.2) is 0 Å². The van der Waals surface area contributed by atoms with Crippen molar-refractivity contribution in [1.82, 2.24) is 10.2 Å². The van der Waals surface area contributed by atoms with Gasteiger partial charge in [0.25, 0.3) is 0 Å². The lowest BCUT2D eigenvalue weighted by molar-refractivity contribution is -0.136. The molecule has 4 amide bonds. The van der Waals surface area contributed by atoms with Gasteiger partial charge in [-0.1, -0.05) is 13.8 Å². The smallest absolute Gasteiger partial charge is 0.330 e. The van der Waals surface area contributed by atoms with E-state index < -0.39 is 17.8 Å². The van der Waals surface area contributed by atoms with Gasteiger partial charge in [-0.2, -0.15) is 0 Å². The minimum absolute atomic E-state index is 0.251. The van der Waals surface area contributed by atoms with Crippen LogP contribution in [0, 0.1) is 5.92 Å². The van der Waals surface area contributed by atoms with E-state index in [9.17, 15) is 14.4 Å². The first kappa shape index (κ1) is 13.6. The fourth-order valence-electron chi connectivity index (χ4n) is 1.45. The quantitative estimate of drug-likeness (QED) is 0.544. The molecule has 0 spiro atoms. The molecular weight excluding hydrogens is 224 g/mol. The van der Waals surface area contributed by atoms with Crippen molar-refractivity contribution in [2.75, 3.05) is 19.8 Å². The molecule has 0 unspecified atom stereocenters. The molecule has 1 rings (SSSR count). The fraction of sp³-hybridized carbons (Fsp3) is 0.727. The Kier molecular flexibility index (Phi) is 5.09. The molecule has 0 bridgehead atoms. The van der Waals surface area contributed by atoms with Crippen LogP contribution in [0.4, 0.5) is 4.79 Å². The van der Waals surface area contributed by atoms with Crippen LogP contribution in [0.3, 0.4) is 0 Å². The van der Waals surface area contributed by atoms with Gasteiger partial charge >= 0.3 is 6.03 Å². The molecule has 0 aromatic rings. The molecule has 17 heavy (non-hydrogen) atoms. The van der Waals surface area contributed by atoms with Crippen molar-refractivity contribution >= 4 is 17.8 Å². The highest BCUT2D eigenvalue weighted by Crippen LogP contribution is 2.04. The molecule has 1 saturated heterocycles. The van der Waals surface area contributed by atoms with Crippen LogP contribution in [0.2, 0.25) is 0 Å². The minimum Gasteiger partial charge on any atom is -0.381 e. The topological polar surface area (TPSA) is 75.7 Å². The van der Waals surface area contributed by atoms with E-state index in [4.69, 9.17) is 4.74 Å². The van der Waals surface area contributed by atoms with E-state index in [1.54, 1.807) is 0 Å². The van der Waals surface area contributed by atoms with E-state index in [1.807, 2.05) is 13.8 Å². The summed E-state index contributed by atoms with van der Waals surface area (Å²) in [5, 5.41) is 2.11. The van der Waals surface area contributed by atoms with Crippen LogP contribution in [0.1, 0.15) is 26.7 Å². The lowest BCUT2D eigenvalue weighted by atomic mass is 10.2. The summed E-state index contributed by atoms with van der Waals surface area (Å²) in [7, 11) is 0. The zero-order chi connectivity index (χ0) is 12.8. The van der Waals surface area contributed by atoms with Gasteiger partial charge in [0.2, 0.25) is 11.8 Å². The van der Waals surface area contributed by atoms with Gasteiger partial charge in [-0.3, -0.25) is 19.8 Å². The summed E-state index contributed by atoms with van der Waals surface area (Å²) in [6.07, 6.45) is 0.332. The third kappa shape index (κ3) is 4.52. The van der Waals surface area contributed by atoms with Gasteiger partial charge in [-0.15, -0.1) is 0 Å². The second-order valence-corrected chi connectivity index (χ2v) is 4.40. The lowest BCUT2D eigenvalue weighted by Gasteiger charge is -2.24. The molecule has 6 nitrogen and oxygen atoms in total. The number of hydrogen-bond acceptors (Lipinski definition) is 4. The van der Waals surface area contributed by atoms with Crippen molar-refractivity contribution in [2.24, 2.45) is 5.92 Å². The maximum absolute atomic E-state index is 11.4. The summed E-state index contributed by atoms with van der Waals surface area (Å²) >= 11 is 0. The Labute approximate surface area is 100 Å². The van der Waals surface area contributed by atoms with Crippen LogP contribution in [0.15, 0.2) is 0 Å². The average Bonchev–Trinajstić information content (AvgIpc) is 2.20. The third-order valence-corrected chi connectivity index (χ3v) is 2.23. The second-order valence-electron chi connectivity index (χ2n) is 4.40. The summed E-state index contributed by atoms with van der Waals surface area (Å²) in [4.78, 5) is 34.6.